The first-order valence-electron chi connectivity index (χ1n) is 7.87. The molecule has 0 bridgehead atoms. The van der Waals surface area contributed by atoms with Crippen LogP contribution in [0.3, 0.4) is 0 Å². The predicted molar refractivity (Wildman–Crippen MR) is 95.5 cm³/mol. The molecule has 2 rings (SSSR count). The third-order valence-corrected chi connectivity index (χ3v) is 4.22. The first-order valence-corrected chi connectivity index (χ1v) is 9.71. The van der Waals surface area contributed by atoms with E-state index in [1.54, 1.807) is 39.8 Å². The summed E-state index contributed by atoms with van der Waals surface area (Å²) in [6, 6.07) is 4.58. The van der Waals surface area contributed by atoms with Gasteiger partial charge in [-0.3, -0.25) is 0 Å². The summed E-state index contributed by atoms with van der Waals surface area (Å²) in [6.07, 6.45) is -2.38. The zero-order valence-corrected chi connectivity index (χ0v) is 16.6. The molecule has 2 N–H and O–H groups in total. The average molecular weight is 427 g/mol. The monoisotopic (exact) mass is 428 g/mol. The summed E-state index contributed by atoms with van der Waals surface area (Å²) >= 11 is -0.0543. The zero-order valence-electron chi connectivity index (χ0n) is 14.8. The van der Waals surface area contributed by atoms with E-state index in [2.05, 4.69) is 4.98 Å². The Morgan fingerprint density at radius 2 is 1.65 bits per heavy atom. The van der Waals surface area contributed by atoms with E-state index < -0.39 is 12.3 Å². The van der Waals surface area contributed by atoms with Crippen LogP contribution in [0, 0.1) is 0 Å². The number of hydrogen-bond acceptors (Lipinski definition) is 8. The van der Waals surface area contributed by atoms with Gasteiger partial charge in [-0.25, -0.2) is 0 Å². The van der Waals surface area contributed by atoms with Crippen LogP contribution in [0.2, 0.25) is 0 Å². The molecule has 9 heteroatoms. The van der Waals surface area contributed by atoms with E-state index in [1.807, 2.05) is 4.94 Å². The van der Waals surface area contributed by atoms with Crippen molar-refractivity contribution in [3.8, 4) is 22.8 Å². The molecule has 0 aliphatic heterocycles. The fourth-order valence-corrected chi connectivity index (χ4v) is 3.07. The first-order chi connectivity index (χ1) is 12.2. The molecular weight excluding hydrogens is 407 g/mol. The summed E-state index contributed by atoms with van der Waals surface area (Å²) in [5.74, 6) is 0.304. The van der Waals surface area contributed by atoms with Gasteiger partial charge in [0.2, 0.25) is 0 Å². The molecule has 0 saturated carbocycles. The van der Waals surface area contributed by atoms with Gasteiger partial charge in [0.05, 0.1) is 0 Å². The van der Waals surface area contributed by atoms with Crippen molar-refractivity contribution in [3.63, 3.8) is 0 Å². The van der Waals surface area contributed by atoms with Crippen molar-refractivity contribution in [2.75, 3.05) is 5.73 Å². The van der Waals surface area contributed by atoms with Gasteiger partial charge < -0.3 is 0 Å². The van der Waals surface area contributed by atoms with E-state index in [4.69, 9.17) is 24.7 Å². The molecule has 0 fully saturated rings. The second kappa shape index (κ2) is 8.73. The van der Waals surface area contributed by atoms with Crippen molar-refractivity contribution in [2.24, 2.45) is 0 Å². The molecule has 0 amide bonds. The Hall–Kier alpha value is -2.51. The van der Waals surface area contributed by atoms with Gasteiger partial charge >= 0.3 is 157 Å². The van der Waals surface area contributed by atoms with Crippen molar-refractivity contribution in [2.45, 2.75) is 39.9 Å². The maximum absolute atomic E-state index is 11.9. The van der Waals surface area contributed by atoms with Crippen molar-refractivity contribution < 1.29 is 28.5 Å². The third-order valence-electron chi connectivity index (χ3n) is 2.81. The van der Waals surface area contributed by atoms with Crippen LogP contribution in [0.4, 0.5) is 14.3 Å². The number of carbonyl (C=O) groups excluding carboxylic acids is 2. The van der Waals surface area contributed by atoms with E-state index in [9.17, 15) is 9.59 Å². The number of nitrogens with zero attached hydrogens (tertiary/aromatic N) is 1. The number of benzene rings is 1. The van der Waals surface area contributed by atoms with Gasteiger partial charge in [-0.05, 0) is 0 Å². The topological polar surface area (TPSA) is 110 Å². The molecule has 8 nitrogen and oxygen atoms in total. The quantitative estimate of drug-likeness (QED) is 0.440. The number of rotatable bonds is 5. The maximum atomic E-state index is 11.9. The number of nitrogen functional groups attached to an aromatic ring is 1. The van der Waals surface area contributed by atoms with Gasteiger partial charge in [0.25, 0.3) is 0 Å². The van der Waals surface area contributed by atoms with Crippen LogP contribution in [0.1, 0.15) is 27.7 Å². The summed E-state index contributed by atoms with van der Waals surface area (Å²) in [6.45, 7) is 6.82. The van der Waals surface area contributed by atoms with Crippen LogP contribution in [0.25, 0.3) is 11.3 Å². The molecule has 1 aromatic heterocycles. The van der Waals surface area contributed by atoms with E-state index in [1.165, 1.54) is 6.07 Å². The number of nitrogens with two attached hydrogens (primary N) is 1. The number of aromatic nitrogens is 1. The third kappa shape index (κ3) is 5.79. The van der Waals surface area contributed by atoms with E-state index in [-0.39, 0.29) is 38.2 Å². The Morgan fingerprint density at radius 3 is 2.19 bits per heavy atom. The van der Waals surface area contributed by atoms with Crippen molar-refractivity contribution in [3.05, 3.63) is 23.1 Å². The van der Waals surface area contributed by atoms with Crippen LogP contribution in [-0.4, -0.2) is 44.0 Å². The van der Waals surface area contributed by atoms with Crippen LogP contribution in [0.5, 0.6) is 11.5 Å². The summed E-state index contributed by atoms with van der Waals surface area (Å²) in [5, 5.41) is 0. The van der Waals surface area contributed by atoms with Gasteiger partial charge in [-0.15, -0.1) is 0 Å². The number of anilines is 1. The van der Waals surface area contributed by atoms with E-state index in [0.717, 1.165) is 0 Å². The molecular formula is C17H20N2O6Se. The van der Waals surface area contributed by atoms with Crippen LogP contribution in [0.15, 0.2) is 23.1 Å². The van der Waals surface area contributed by atoms with Gasteiger partial charge in [0.15, 0.2) is 0 Å². The van der Waals surface area contributed by atoms with Crippen molar-refractivity contribution >= 4 is 31.5 Å². The Morgan fingerprint density at radius 1 is 1.04 bits per heavy atom. The molecule has 0 spiro atoms. The molecule has 0 atom stereocenters. The average Bonchev–Trinajstić information content (AvgIpc) is 2.92. The Bertz CT molecular complexity index is 787. The van der Waals surface area contributed by atoms with Crippen LogP contribution < -0.4 is 15.2 Å². The normalized spacial score (nSPS) is 10.7. The Balaban J connectivity index is 2.30. The molecule has 2 aromatic rings. The molecule has 0 saturated heterocycles. The summed E-state index contributed by atoms with van der Waals surface area (Å²) in [7, 11) is 0. The number of carbonyl (C=O) groups is 2. The molecule has 0 aliphatic rings. The Labute approximate surface area is 157 Å². The molecule has 140 valence electrons. The minimum atomic E-state index is -0.871. The SMILES string of the molecule is CC(C)OC(=O)Oc1ccc(-c2c[se]c(N)n2)c(OC(=O)OC(C)C)c1. The van der Waals surface area contributed by atoms with E-state index in [0.29, 0.717) is 15.9 Å². The fourth-order valence-electron chi connectivity index (χ4n) is 1.89. The molecule has 0 radical (unpaired) electrons. The van der Waals surface area contributed by atoms with Crippen LogP contribution in [-0.2, 0) is 9.47 Å². The van der Waals surface area contributed by atoms with Gasteiger partial charge in [0.1, 0.15) is 0 Å². The summed E-state index contributed by atoms with van der Waals surface area (Å²) < 4.78 is 20.8. The first kappa shape index (κ1) is 19.8. The van der Waals surface area contributed by atoms with E-state index >= 15 is 0 Å². The second-order valence-corrected chi connectivity index (χ2v) is 7.63. The standard InChI is InChI=1S/C17H20N2O6Se/c1-9(2)22-16(20)24-11-5-6-12(13-8-26-15(18)19-13)14(7-11)25-17(21)23-10(3)4/h5-10H,1-4H3,(H2,18,19). The number of hydrogen-bond donors (Lipinski definition) is 1. The summed E-state index contributed by atoms with van der Waals surface area (Å²) in [4.78, 5) is 29.6. The predicted octanol–water partition coefficient (Wildman–Crippen LogP) is 3.24. The zero-order chi connectivity index (χ0) is 19.3. The van der Waals surface area contributed by atoms with Crippen molar-refractivity contribution in [1.82, 2.24) is 4.98 Å². The summed E-state index contributed by atoms with van der Waals surface area (Å²) in [5.41, 5.74) is 6.86. The van der Waals surface area contributed by atoms with Gasteiger partial charge in [-0.2, -0.15) is 0 Å². The van der Waals surface area contributed by atoms with Gasteiger partial charge in [-0.1, -0.05) is 0 Å². The number of ether oxygens (including phenoxy) is 4. The fraction of sp³-hybridized carbons (Fsp3) is 0.353. The molecule has 0 unspecified atom stereocenters. The molecule has 1 heterocycles. The minimum absolute atomic E-state index is 0.0543. The second-order valence-electron chi connectivity index (χ2n) is 5.77. The molecule has 26 heavy (non-hydrogen) atoms. The molecule has 0 aliphatic carbocycles. The Kier molecular flexibility index (Phi) is 6.65. The molecule has 1 aromatic carbocycles. The van der Waals surface area contributed by atoms with Crippen LogP contribution >= 0.6 is 0 Å². The van der Waals surface area contributed by atoms with Gasteiger partial charge in [0, 0.05) is 0 Å². The van der Waals surface area contributed by atoms with Crippen molar-refractivity contribution in [1.29, 1.82) is 0 Å².